The Morgan fingerprint density at radius 1 is 0.781 bits per heavy atom. The van der Waals surface area contributed by atoms with Gasteiger partial charge in [0.1, 0.15) is 11.6 Å². The van der Waals surface area contributed by atoms with Crippen LogP contribution in [0.3, 0.4) is 0 Å². The van der Waals surface area contributed by atoms with Gasteiger partial charge in [-0.15, -0.1) is 0 Å². The van der Waals surface area contributed by atoms with Crippen molar-refractivity contribution in [3.8, 4) is 0 Å². The van der Waals surface area contributed by atoms with Crippen LogP contribution in [-0.2, 0) is 9.59 Å². The summed E-state index contributed by atoms with van der Waals surface area (Å²) in [6, 6.07) is 8.63. The van der Waals surface area contributed by atoms with Crippen molar-refractivity contribution in [1.29, 1.82) is 0 Å². The Morgan fingerprint density at radius 3 is 1.59 bits per heavy atom. The maximum absolute atomic E-state index is 14.2. The minimum Gasteiger partial charge on any atom is -0.320 e. The van der Waals surface area contributed by atoms with Crippen molar-refractivity contribution in [2.75, 3.05) is 10.6 Å². The predicted molar refractivity (Wildman–Crippen MR) is 119 cm³/mol. The van der Waals surface area contributed by atoms with Crippen LogP contribution < -0.4 is 10.6 Å². The second-order valence-electron chi connectivity index (χ2n) is 6.93. The topological polar surface area (TPSA) is 84.0 Å². The van der Waals surface area contributed by atoms with E-state index in [1.165, 1.54) is 12.2 Å². The third-order valence-electron chi connectivity index (χ3n) is 4.50. The van der Waals surface area contributed by atoms with Crippen LogP contribution in [0.4, 0.5) is 20.2 Å². The Balaban J connectivity index is 1.75. The molecule has 0 saturated carbocycles. The molecule has 162 valence electrons. The first-order chi connectivity index (χ1) is 15.3. The largest absolute Gasteiger partial charge is 0.320 e. The Bertz CT molecular complexity index is 1100. The van der Waals surface area contributed by atoms with Crippen LogP contribution >= 0.6 is 0 Å². The molecule has 0 spiro atoms. The van der Waals surface area contributed by atoms with Gasteiger partial charge in [-0.05, 0) is 54.3 Å². The molecule has 0 unspecified atom stereocenters. The zero-order valence-electron chi connectivity index (χ0n) is 17.4. The second kappa shape index (κ2) is 10.2. The maximum Gasteiger partial charge on any atom is 0.248 e. The van der Waals surface area contributed by atoms with Crippen LogP contribution in [0.2, 0.25) is 0 Å². The van der Waals surface area contributed by atoms with Crippen molar-refractivity contribution >= 4 is 34.3 Å². The van der Waals surface area contributed by atoms with Crippen molar-refractivity contribution in [1.82, 2.24) is 9.97 Å². The van der Waals surface area contributed by atoms with E-state index >= 15 is 0 Å². The first-order valence-electron chi connectivity index (χ1n) is 9.62. The number of hydrogen-bond donors (Lipinski definition) is 2. The highest BCUT2D eigenvalue weighted by atomic mass is 19.1. The van der Waals surface area contributed by atoms with Gasteiger partial charge in [0, 0.05) is 43.0 Å². The van der Waals surface area contributed by atoms with Crippen LogP contribution in [0, 0.1) is 11.6 Å². The first kappa shape index (κ1) is 22.5. The number of amides is 2. The van der Waals surface area contributed by atoms with Crippen molar-refractivity contribution < 1.29 is 18.4 Å². The average molecular weight is 434 g/mol. The molecule has 32 heavy (non-hydrogen) atoms. The molecule has 2 heterocycles. The summed E-state index contributed by atoms with van der Waals surface area (Å²) >= 11 is 0. The summed E-state index contributed by atoms with van der Waals surface area (Å²) in [5.74, 6) is -3.16. The third kappa shape index (κ3) is 5.91. The van der Waals surface area contributed by atoms with E-state index in [9.17, 15) is 18.4 Å². The first-order valence-corrected chi connectivity index (χ1v) is 9.62. The summed E-state index contributed by atoms with van der Waals surface area (Å²) < 4.78 is 28.4. The fourth-order valence-electron chi connectivity index (χ4n) is 2.83. The Morgan fingerprint density at radius 2 is 1.22 bits per heavy atom. The number of anilines is 2. The van der Waals surface area contributed by atoms with E-state index in [1.807, 2.05) is 0 Å². The Labute approximate surface area is 183 Å². The number of pyridine rings is 2. The van der Waals surface area contributed by atoms with E-state index in [1.54, 1.807) is 62.9 Å². The molecule has 2 aromatic heterocycles. The molecule has 0 bridgehead atoms. The third-order valence-corrected chi connectivity index (χ3v) is 4.50. The Kier molecular flexibility index (Phi) is 7.17. The van der Waals surface area contributed by atoms with E-state index in [2.05, 4.69) is 20.6 Å². The van der Waals surface area contributed by atoms with Gasteiger partial charge in [0.15, 0.2) is 0 Å². The van der Waals surface area contributed by atoms with E-state index in [4.69, 9.17) is 0 Å². The van der Waals surface area contributed by atoms with Gasteiger partial charge in [0.2, 0.25) is 11.8 Å². The fourth-order valence-corrected chi connectivity index (χ4v) is 2.83. The molecule has 3 rings (SSSR count). The molecule has 6 nitrogen and oxygen atoms in total. The highest BCUT2D eigenvalue weighted by molar-refractivity contribution is 6.06. The molecule has 0 aliphatic rings. The normalized spacial score (nSPS) is 11.8. The van der Waals surface area contributed by atoms with Crippen molar-refractivity contribution in [3.05, 3.63) is 96.1 Å². The zero-order chi connectivity index (χ0) is 23.1. The lowest BCUT2D eigenvalue weighted by molar-refractivity contribution is -0.112. The number of nitrogens with one attached hydrogen (secondary N) is 2. The number of halogens is 2. The van der Waals surface area contributed by atoms with Gasteiger partial charge in [-0.25, -0.2) is 8.78 Å². The highest BCUT2D eigenvalue weighted by Gasteiger charge is 2.14. The number of hydrogen-bond acceptors (Lipinski definition) is 4. The van der Waals surface area contributed by atoms with Gasteiger partial charge in [-0.1, -0.05) is 12.1 Å². The second-order valence-corrected chi connectivity index (χ2v) is 6.93. The van der Waals surface area contributed by atoms with Crippen LogP contribution in [0.15, 0.2) is 73.3 Å². The van der Waals surface area contributed by atoms with Gasteiger partial charge in [0.25, 0.3) is 0 Å². The molecule has 0 radical (unpaired) electrons. The molecule has 2 amide bonds. The van der Waals surface area contributed by atoms with Crippen molar-refractivity contribution in [2.45, 2.75) is 13.8 Å². The molecule has 0 saturated heterocycles. The summed E-state index contributed by atoms with van der Waals surface area (Å²) in [6.07, 6.45) is 8.94. The molecule has 8 heteroatoms. The van der Waals surface area contributed by atoms with E-state index in [-0.39, 0.29) is 11.4 Å². The maximum atomic E-state index is 14.2. The molecule has 0 aliphatic carbocycles. The molecule has 3 aromatic rings. The SMILES string of the molecule is C/C(=C\C(=O)Nc1cc(NC(=O)/C=C(\C)c2cccnc2)c(F)cc1F)c1cccnc1. The zero-order valence-corrected chi connectivity index (χ0v) is 17.4. The quantitative estimate of drug-likeness (QED) is 0.544. The van der Waals surface area contributed by atoms with E-state index in [0.29, 0.717) is 17.2 Å². The van der Waals surface area contributed by atoms with Crippen LogP contribution in [-0.4, -0.2) is 21.8 Å². The summed E-state index contributed by atoms with van der Waals surface area (Å²) in [6.45, 7) is 3.42. The smallest absolute Gasteiger partial charge is 0.248 e. The van der Waals surface area contributed by atoms with Crippen LogP contribution in [0.1, 0.15) is 25.0 Å². The van der Waals surface area contributed by atoms with Gasteiger partial charge in [0.05, 0.1) is 11.4 Å². The standard InChI is InChI=1S/C24H20F2N4O2/c1-15(17-5-3-7-27-13-17)9-23(31)29-21-12-22(20(26)11-19(21)25)30-24(32)10-16(2)18-6-4-8-28-14-18/h3-14H,1-2H3,(H,29,31)(H,30,32)/b15-9+,16-10+. The number of benzene rings is 1. The van der Waals surface area contributed by atoms with Crippen LogP contribution in [0.25, 0.3) is 11.1 Å². The lowest BCUT2D eigenvalue weighted by Crippen LogP contribution is -2.13. The van der Waals surface area contributed by atoms with Gasteiger partial charge in [-0.3, -0.25) is 19.6 Å². The number of aromatic nitrogens is 2. The highest BCUT2D eigenvalue weighted by Crippen LogP contribution is 2.24. The molecule has 0 aliphatic heterocycles. The summed E-state index contributed by atoms with van der Waals surface area (Å²) in [5, 5.41) is 4.73. The molecule has 2 N–H and O–H groups in total. The monoisotopic (exact) mass is 434 g/mol. The van der Waals surface area contributed by atoms with E-state index < -0.39 is 23.4 Å². The van der Waals surface area contributed by atoms with Crippen LogP contribution in [0.5, 0.6) is 0 Å². The summed E-state index contributed by atoms with van der Waals surface area (Å²) in [7, 11) is 0. The van der Waals surface area contributed by atoms with Gasteiger partial charge in [-0.2, -0.15) is 0 Å². The predicted octanol–water partition coefficient (Wildman–Crippen LogP) is 4.84. The number of nitrogens with zero attached hydrogens (tertiary/aromatic N) is 2. The minimum atomic E-state index is -0.969. The summed E-state index contributed by atoms with van der Waals surface area (Å²) in [4.78, 5) is 32.6. The fraction of sp³-hybridized carbons (Fsp3) is 0.0833. The van der Waals surface area contributed by atoms with Crippen molar-refractivity contribution in [3.63, 3.8) is 0 Å². The lowest BCUT2D eigenvalue weighted by Gasteiger charge is -2.10. The van der Waals surface area contributed by atoms with Gasteiger partial charge < -0.3 is 10.6 Å². The number of carbonyl (C=O) groups is 2. The number of rotatable bonds is 6. The number of allylic oxidation sites excluding steroid dienone is 2. The molecule has 0 fully saturated rings. The summed E-state index contributed by atoms with van der Waals surface area (Å²) in [5.41, 5.74) is 2.15. The minimum absolute atomic E-state index is 0.269. The molecule has 1 aromatic carbocycles. The lowest BCUT2D eigenvalue weighted by atomic mass is 10.1. The van der Waals surface area contributed by atoms with Gasteiger partial charge >= 0.3 is 0 Å². The van der Waals surface area contributed by atoms with E-state index in [0.717, 1.165) is 17.2 Å². The number of carbonyl (C=O) groups excluding carboxylic acids is 2. The average Bonchev–Trinajstić information content (AvgIpc) is 2.78. The Hall–Kier alpha value is -4.20. The van der Waals surface area contributed by atoms with Crippen molar-refractivity contribution in [2.24, 2.45) is 0 Å². The molecule has 0 atom stereocenters. The molecular weight excluding hydrogens is 414 g/mol. The molecular formula is C24H20F2N4O2.